The number of hydrogen-bond acceptors (Lipinski definition) is 3. The van der Waals surface area contributed by atoms with Crippen molar-refractivity contribution in [1.82, 2.24) is 5.43 Å². The van der Waals surface area contributed by atoms with Crippen LogP contribution in [-0.2, 0) is 0 Å². The highest BCUT2D eigenvalue weighted by Gasteiger charge is 1.93. The predicted octanol–water partition coefficient (Wildman–Crippen LogP) is 1.58. The first-order chi connectivity index (χ1) is 4.76. The molecule has 0 aromatic heterocycles. The highest BCUT2D eigenvalue weighted by molar-refractivity contribution is 7.84. The van der Waals surface area contributed by atoms with Gasteiger partial charge in [-0.2, -0.15) is 0 Å². The summed E-state index contributed by atoms with van der Waals surface area (Å²) in [7, 11) is 0. The van der Waals surface area contributed by atoms with Gasteiger partial charge in [0, 0.05) is 4.91 Å². The largest absolute Gasteiger partial charge is 0.323 e. The average Bonchev–Trinajstić information content (AvgIpc) is 1.91. The fourth-order valence-corrected chi connectivity index (χ4v) is 0.985. The Morgan fingerprint density at radius 2 is 2.30 bits per heavy atom. The summed E-state index contributed by atoms with van der Waals surface area (Å²) in [4.78, 5) is 0.896. The van der Waals surface area contributed by atoms with E-state index in [2.05, 4.69) is 25.0 Å². The summed E-state index contributed by atoms with van der Waals surface area (Å²) >= 11 is 4.22. The molecule has 3 heteroatoms. The van der Waals surface area contributed by atoms with Crippen molar-refractivity contribution in [1.29, 1.82) is 0 Å². The van der Waals surface area contributed by atoms with Crippen LogP contribution in [-0.4, -0.2) is 0 Å². The third kappa shape index (κ3) is 2.94. The number of thiol groups is 1. The van der Waals surface area contributed by atoms with E-state index in [1.807, 2.05) is 19.1 Å². The minimum absolute atomic E-state index is 0.866. The van der Waals surface area contributed by atoms with E-state index in [0.29, 0.717) is 0 Å². The smallest absolute Gasteiger partial charge is 0.0572 e. The molecule has 58 valence electrons. The van der Waals surface area contributed by atoms with Gasteiger partial charge in [-0.05, 0) is 13.3 Å². The van der Waals surface area contributed by atoms with Crippen LogP contribution in [0.2, 0.25) is 0 Å². The van der Waals surface area contributed by atoms with Crippen molar-refractivity contribution in [3.05, 3.63) is 22.8 Å². The molecule has 0 radical (unpaired) electrons. The maximum absolute atomic E-state index is 5.21. The van der Waals surface area contributed by atoms with Crippen LogP contribution in [0.1, 0.15) is 20.3 Å². The lowest BCUT2D eigenvalue weighted by Gasteiger charge is -2.03. The number of nitrogens with two attached hydrogens (primary N) is 1. The van der Waals surface area contributed by atoms with Crippen molar-refractivity contribution < 1.29 is 0 Å². The first-order valence-corrected chi connectivity index (χ1v) is 3.73. The lowest BCUT2D eigenvalue weighted by atomic mass is 10.3. The fraction of sp³-hybridized carbons (Fsp3) is 0.429. The minimum Gasteiger partial charge on any atom is -0.323 e. The van der Waals surface area contributed by atoms with Gasteiger partial charge < -0.3 is 5.43 Å². The van der Waals surface area contributed by atoms with Crippen LogP contribution in [0.15, 0.2) is 22.8 Å². The number of allylic oxidation sites excluding steroid dienone is 2. The van der Waals surface area contributed by atoms with Crippen LogP contribution < -0.4 is 11.3 Å². The lowest BCUT2D eigenvalue weighted by molar-refractivity contribution is 0.906. The number of rotatable bonds is 3. The number of hydrogen-bond donors (Lipinski definition) is 3. The maximum Gasteiger partial charge on any atom is 0.0572 e. The molecule has 0 fully saturated rings. The standard InChI is InChI=1S/C7H14N2S/c1-3-5-7(10)6(4-2)9-8/h4-5,9-10H,3,8H2,1-2H3/b6-4+,7-5+. The van der Waals surface area contributed by atoms with Gasteiger partial charge in [0.05, 0.1) is 5.70 Å². The predicted molar refractivity (Wildman–Crippen MR) is 48.4 cm³/mol. The Balaban J connectivity index is 4.16. The molecule has 0 rings (SSSR count). The van der Waals surface area contributed by atoms with Crippen molar-refractivity contribution in [2.24, 2.45) is 5.84 Å². The van der Waals surface area contributed by atoms with Gasteiger partial charge in [0.1, 0.15) is 0 Å². The Hall–Kier alpha value is -0.410. The van der Waals surface area contributed by atoms with E-state index in [9.17, 15) is 0 Å². The Kier molecular flexibility index (Phi) is 5.16. The second-order valence-electron chi connectivity index (χ2n) is 1.84. The normalized spacial score (nSPS) is 13.6. The van der Waals surface area contributed by atoms with E-state index in [1.54, 1.807) is 0 Å². The van der Waals surface area contributed by atoms with E-state index < -0.39 is 0 Å². The summed E-state index contributed by atoms with van der Waals surface area (Å²) in [5, 5.41) is 0. The monoisotopic (exact) mass is 158 g/mol. The van der Waals surface area contributed by atoms with Gasteiger partial charge >= 0.3 is 0 Å². The molecule has 0 atom stereocenters. The van der Waals surface area contributed by atoms with Crippen molar-refractivity contribution in [3.8, 4) is 0 Å². The molecule has 0 amide bonds. The fourth-order valence-electron chi connectivity index (χ4n) is 0.608. The van der Waals surface area contributed by atoms with E-state index in [1.165, 1.54) is 0 Å². The van der Waals surface area contributed by atoms with Gasteiger partial charge in [-0.1, -0.05) is 19.1 Å². The third-order valence-corrected chi connectivity index (χ3v) is 1.54. The Morgan fingerprint density at radius 3 is 2.60 bits per heavy atom. The molecular formula is C7H14N2S. The Labute approximate surface area is 67.6 Å². The van der Waals surface area contributed by atoms with E-state index in [-0.39, 0.29) is 0 Å². The molecule has 0 aromatic carbocycles. The third-order valence-electron chi connectivity index (χ3n) is 1.12. The molecule has 0 aromatic rings. The van der Waals surface area contributed by atoms with Gasteiger partial charge in [-0.15, -0.1) is 12.6 Å². The quantitative estimate of drug-likeness (QED) is 0.252. The zero-order valence-electron chi connectivity index (χ0n) is 6.39. The van der Waals surface area contributed by atoms with E-state index >= 15 is 0 Å². The lowest BCUT2D eigenvalue weighted by Crippen LogP contribution is -2.21. The summed E-state index contributed by atoms with van der Waals surface area (Å²) in [6.07, 6.45) is 4.85. The molecule has 0 saturated heterocycles. The first-order valence-electron chi connectivity index (χ1n) is 3.28. The van der Waals surface area contributed by atoms with Gasteiger partial charge in [0.2, 0.25) is 0 Å². The molecule has 0 saturated carbocycles. The average molecular weight is 158 g/mol. The van der Waals surface area contributed by atoms with Gasteiger partial charge in [-0.3, -0.25) is 5.84 Å². The van der Waals surface area contributed by atoms with Crippen molar-refractivity contribution in [3.63, 3.8) is 0 Å². The molecule has 0 aliphatic carbocycles. The second kappa shape index (κ2) is 5.38. The number of hydrazine groups is 1. The Morgan fingerprint density at radius 1 is 1.70 bits per heavy atom. The van der Waals surface area contributed by atoms with Crippen LogP contribution in [0, 0.1) is 0 Å². The minimum atomic E-state index is 0.866. The molecule has 10 heavy (non-hydrogen) atoms. The topological polar surface area (TPSA) is 38.0 Å². The first kappa shape index (κ1) is 9.59. The zero-order chi connectivity index (χ0) is 7.98. The summed E-state index contributed by atoms with van der Waals surface area (Å²) in [6, 6.07) is 0. The zero-order valence-corrected chi connectivity index (χ0v) is 7.28. The van der Waals surface area contributed by atoms with Gasteiger partial charge in [-0.25, -0.2) is 0 Å². The molecule has 0 aliphatic heterocycles. The summed E-state index contributed by atoms with van der Waals surface area (Å²) in [6.45, 7) is 3.97. The number of nitrogens with one attached hydrogen (secondary N) is 1. The summed E-state index contributed by atoms with van der Waals surface area (Å²) in [5.41, 5.74) is 3.42. The molecule has 0 spiro atoms. The second-order valence-corrected chi connectivity index (χ2v) is 2.33. The van der Waals surface area contributed by atoms with Crippen LogP contribution >= 0.6 is 12.6 Å². The molecular weight excluding hydrogens is 144 g/mol. The molecule has 0 heterocycles. The van der Waals surface area contributed by atoms with Crippen LogP contribution in [0.3, 0.4) is 0 Å². The van der Waals surface area contributed by atoms with Crippen molar-refractivity contribution in [2.45, 2.75) is 20.3 Å². The van der Waals surface area contributed by atoms with E-state index in [0.717, 1.165) is 17.0 Å². The molecule has 2 nitrogen and oxygen atoms in total. The van der Waals surface area contributed by atoms with Gasteiger partial charge in [0.15, 0.2) is 0 Å². The van der Waals surface area contributed by atoms with Crippen molar-refractivity contribution in [2.75, 3.05) is 0 Å². The molecule has 0 unspecified atom stereocenters. The molecule has 0 aliphatic rings. The summed E-state index contributed by atoms with van der Waals surface area (Å²) in [5.74, 6) is 5.21. The van der Waals surface area contributed by atoms with Crippen molar-refractivity contribution >= 4 is 12.6 Å². The Bertz CT molecular complexity index is 150. The van der Waals surface area contributed by atoms with Crippen LogP contribution in [0.25, 0.3) is 0 Å². The van der Waals surface area contributed by atoms with Crippen LogP contribution in [0.4, 0.5) is 0 Å². The highest BCUT2D eigenvalue weighted by Crippen LogP contribution is 2.10. The van der Waals surface area contributed by atoms with Gasteiger partial charge in [0.25, 0.3) is 0 Å². The van der Waals surface area contributed by atoms with Crippen LogP contribution in [0.5, 0.6) is 0 Å². The maximum atomic E-state index is 5.21. The SMILES string of the molecule is C/C=C(NN)\C(S)=C/CC. The molecule has 0 bridgehead atoms. The summed E-state index contributed by atoms with van der Waals surface area (Å²) < 4.78 is 0. The molecule has 3 N–H and O–H groups in total. The highest BCUT2D eigenvalue weighted by atomic mass is 32.1. The van der Waals surface area contributed by atoms with E-state index in [4.69, 9.17) is 5.84 Å².